The number of pyridine rings is 2. The molecule has 0 aliphatic rings. The molecule has 0 bridgehead atoms. The first-order valence-electron chi connectivity index (χ1n) is 8.45. The van der Waals surface area contributed by atoms with Gasteiger partial charge in [-0.1, -0.05) is 17.7 Å². The van der Waals surface area contributed by atoms with E-state index >= 15 is 0 Å². The number of nitrogens with one attached hydrogen (secondary N) is 2. The van der Waals surface area contributed by atoms with E-state index < -0.39 is 18.0 Å². The maximum absolute atomic E-state index is 12.9. The molecule has 29 heavy (non-hydrogen) atoms. The predicted molar refractivity (Wildman–Crippen MR) is 103 cm³/mol. The van der Waals surface area contributed by atoms with Crippen LogP contribution in [0.25, 0.3) is 11.5 Å². The highest BCUT2D eigenvalue weighted by Gasteiger charge is 2.32. The van der Waals surface area contributed by atoms with Crippen LogP contribution in [0.2, 0.25) is 5.15 Å². The lowest BCUT2D eigenvalue weighted by Crippen LogP contribution is -2.16. The van der Waals surface area contributed by atoms with Crippen molar-refractivity contribution in [3.8, 4) is 11.5 Å². The van der Waals surface area contributed by atoms with E-state index in [1.807, 2.05) is 0 Å². The third-order valence-electron chi connectivity index (χ3n) is 3.57. The highest BCUT2D eigenvalue weighted by Crippen LogP contribution is 2.30. The number of aliphatic hydroxyl groups excluding tert-OH is 1. The van der Waals surface area contributed by atoms with Crippen LogP contribution in [0.15, 0.2) is 42.6 Å². The lowest BCUT2D eigenvalue weighted by atomic mass is 10.3. The van der Waals surface area contributed by atoms with Gasteiger partial charge < -0.3 is 15.7 Å². The summed E-state index contributed by atoms with van der Waals surface area (Å²) >= 11 is 5.92. The fraction of sp³-hybridized carbons (Fsp3) is 0.222. The Morgan fingerprint density at radius 3 is 2.55 bits per heavy atom. The minimum Gasteiger partial charge on any atom is -0.392 e. The topological polar surface area (TPSA) is 95.8 Å². The van der Waals surface area contributed by atoms with Crippen LogP contribution in [0.3, 0.4) is 0 Å². The van der Waals surface area contributed by atoms with E-state index in [4.69, 9.17) is 11.6 Å². The van der Waals surface area contributed by atoms with E-state index in [9.17, 15) is 18.3 Å². The van der Waals surface area contributed by atoms with Crippen LogP contribution in [-0.2, 0) is 6.18 Å². The highest BCUT2D eigenvalue weighted by atomic mass is 35.5. The maximum Gasteiger partial charge on any atom is 0.433 e. The summed E-state index contributed by atoms with van der Waals surface area (Å²) in [7, 11) is 0. The molecule has 1 atom stereocenters. The van der Waals surface area contributed by atoms with E-state index in [2.05, 4.69) is 30.6 Å². The summed E-state index contributed by atoms with van der Waals surface area (Å²) in [5.74, 6) is 0.783. The van der Waals surface area contributed by atoms with Crippen molar-refractivity contribution < 1.29 is 18.3 Å². The number of anilines is 3. The number of alkyl halides is 3. The fourth-order valence-electron chi connectivity index (χ4n) is 2.31. The summed E-state index contributed by atoms with van der Waals surface area (Å²) in [4.78, 5) is 16.1. The zero-order valence-corrected chi connectivity index (χ0v) is 15.8. The van der Waals surface area contributed by atoms with Crippen LogP contribution < -0.4 is 10.6 Å². The molecular weight excluding hydrogens is 409 g/mol. The van der Waals surface area contributed by atoms with Gasteiger partial charge in [-0.15, -0.1) is 0 Å². The van der Waals surface area contributed by atoms with Crippen LogP contribution in [0, 0.1) is 0 Å². The predicted octanol–water partition coefficient (Wildman–Crippen LogP) is 4.14. The molecule has 3 aromatic heterocycles. The van der Waals surface area contributed by atoms with Crippen molar-refractivity contribution in [3.05, 3.63) is 53.4 Å². The third-order valence-corrected chi connectivity index (χ3v) is 3.78. The molecule has 152 valence electrons. The fourth-order valence-corrected chi connectivity index (χ4v) is 2.48. The Kier molecular flexibility index (Phi) is 6.14. The quantitative estimate of drug-likeness (QED) is 0.512. The maximum atomic E-state index is 12.9. The van der Waals surface area contributed by atoms with E-state index in [-0.39, 0.29) is 29.0 Å². The van der Waals surface area contributed by atoms with Gasteiger partial charge in [0, 0.05) is 24.5 Å². The molecule has 0 saturated carbocycles. The van der Waals surface area contributed by atoms with Crippen LogP contribution in [0.5, 0.6) is 0 Å². The van der Waals surface area contributed by atoms with Gasteiger partial charge in [0.25, 0.3) is 0 Å². The van der Waals surface area contributed by atoms with Gasteiger partial charge in [0.2, 0.25) is 0 Å². The van der Waals surface area contributed by atoms with Gasteiger partial charge >= 0.3 is 6.18 Å². The lowest BCUT2D eigenvalue weighted by molar-refractivity contribution is -0.141. The molecule has 3 heterocycles. The number of aliphatic hydroxyl groups is 1. The van der Waals surface area contributed by atoms with Gasteiger partial charge in [0.1, 0.15) is 28.2 Å². The van der Waals surface area contributed by atoms with Crippen LogP contribution in [0.1, 0.15) is 12.6 Å². The number of hydrogen-bond donors (Lipinski definition) is 3. The molecule has 3 N–H and O–H groups in total. The summed E-state index contributed by atoms with van der Waals surface area (Å²) < 4.78 is 38.7. The lowest BCUT2D eigenvalue weighted by Gasteiger charge is -2.13. The van der Waals surface area contributed by atoms with Crippen LogP contribution >= 0.6 is 11.6 Å². The molecule has 7 nitrogen and oxygen atoms in total. The first kappa shape index (κ1) is 20.7. The molecule has 3 aromatic rings. The molecular formula is C18H16ClF3N6O. The van der Waals surface area contributed by atoms with Crippen LogP contribution in [-0.4, -0.2) is 37.7 Å². The number of rotatable bonds is 6. The largest absolute Gasteiger partial charge is 0.433 e. The second-order valence-electron chi connectivity index (χ2n) is 6.09. The Balaban J connectivity index is 1.97. The molecule has 0 aliphatic heterocycles. The first-order chi connectivity index (χ1) is 13.7. The molecule has 0 amide bonds. The Morgan fingerprint density at radius 2 is 1.86 bits per heavy atom. The van der Waals surface area contributed by atoms with Gasteiger partial charge in [-0.3, -0.25) is 4.98 Å². The Hall–Kier alpha value is -2.98. The van der Waals surface area contributed by atoms with Crippen molar-refractivity contribution in [2.45, 2.75) is 19.2 Å². The Morgan fingerprint density at radius 1 is 1.10 bits per heavy atom. The third kappa shape index (κ3) is 5.75. The minimum absolute atomic E-state index is 0.150. The SMILES string of the molecule is CC(O)CNc1cc(Nc2ccnc(C(F)(F)F)c2)nc(-c2cccc(Cl)n2)n1. The van der Waals surface area contributed by atoms with Crippen molar-refractivity contribution in [2.24, 2.45) is 0 Å². The number of hydrogen-bond acceptors (Lipinski definition) is 7. The van der Waals surface area contributed by atoms with Crippen molar-refractivity contribution in [1.82, 2.24) is 19.9 Å². The highest BCUT2D eigenvalue weighted by molar-refractivity contribution is 6.29. The van der Waals surface area contributed by atoms with Gasteiger partial charge in [-0.25, -0.2) is 15.0 Å². The van der Waals surface area contributed by atoms with E-state index in [0.717, 1.165) is 12.3 Å². The number of nitrogens with zero attached hydrogens (tertiary/aromatic N) is 4. The van der Waals surface area contributed by atoms with E-state index in [1.165, 1.54) is 12.1 Å². The average molecular weight is 425 g/mol. The summed E-state index contributed by atoms with van der Waals surface area (Å²) in [5.41, 5.74) is -0.495. The normalized spacial score (nSPS) is 12.5. The molecule has 1 unspecified atom stereocenters. The summed E-state index contributed by atoms with van der Waals surface area (Å²) in [6.45, 7) is 1.81. The second kappa shape index (κ2) is 8.58. The second-order valence-corrected chi connectivity index (χ2v) is 6.48. The molecule has 11 heteroatoms. The average Bonchev–Trinajstić information content (AvgIpc) is 2.66. The molecule has 0 aromatic carbocycles. The summed E-state index contributed by atoms with van der Waals surface area (Å²) in [6.07, 6.45) is -4.15. The molecule has 0 saturated heterocycles. The van der Waals surface area contributed by atoms with Crippen molar-refractivity contribution >= 4 is 28.9 Å². The molecule has 3 rings (SSSR count). The number of aromatic nitrogens is 4. The first-order valence-corrected chi connectivity index (χ1v) is 8.83. The van der Waals surface area contributed by atoms with E-state index in [0.29, 0.717) is 11.5 Å². The van der Waals surface area contributed by atoms with Crippen molar-refractivity contribution in [2.75, 3.05) is 17.2 Å². The Labute approximate surface area is 169 Å². The van der Waals surface area contributed by atoms with Gasteiger partial charge in [-0.05, 0) is 31.2 Å². The zero-order valence-electron chi connectivity index (χ0n) is 15.1. The summed E-state index contributed by atoms with van der Waals surface area (Å²) in [5, 5.41) is 15.5. The van der Waals surface area contributed by atoms with Crippen LogP contribution in [0.4, 0.5) is 30.5 Å². The smallest absolute Gasteiger partial charge is 0.392 e. The Bertz CT molecular complexity index is 999. The van der Waals surface area contributed by atoms with Gasteiger partial charge in [0.05, 0.1) is 6.10 Å². The monoisotopic (exact) mass is 424 g/mol. The number of halogens is 4. The summed E-state index contributed by atoms with van der Waals surface area (Å²) in [6, 6.07) is 8.69. The minimum atomic E-state index is -4.57. The standard InChI is InChI=1S/C18H16ClF3N6O/c1-10(29)9-24-15-8-16(25-11-5-6-23-13(7-11)18(20,21)22)28-17(27-15)12-3-2-4-14(19)26-12/h2-8,10,29H,9H2,1H3,(H2,23,24,25,27,28). The van der Waals surface area contributed by atoms with Crippen molar-refractivity contribution in [3.63, 3.8) is 0 Å². The van der Waals surface area contributed by atoms with Gasteiger partial charge in [0.15, 0.2) is 5.82 Å². The van der Waals surface area contributed by atoms with Gasteiger partial charge in [-0.2, -0.15) is 13.2 Å². The van der Waals surface area contributed by atoms with E-state index in [1.54, 1.807) is 25.1 Å². The molecule has 0 aliphatic carbocycles. The molecule has 0 spiro atoms. The molecule has 0 radical (unpaired) electrons. The molecule has 0 fully saturated rings. The van der Waals surface area contributed by atoms with Crippen molar-refractivity contribution in [1.29, 1.82) is 0 Å². The zero-order chi connectivity index (χ0) is 21.0.